The molecule has 2 atom stereocenters. The Morgan fingerprint density at radius 3 is 2.11 bits per heavy atom. The van der Waals surface area contributed by atoms with Gasteiger partial charge in [-0.15, -0.1) is 12.4 Å². The van der Waals surface area contributed by atoms with Gasteiger partial charge in [0, 0.05) is 15.6 Å². The van der Waals surface area contributed by atoms with Crippen molar-refractivity contribution in [1.29, 1.82) is 0 Å². The third-order valence-corrected chi connectivity index (χ3v) is 4.59. The Balaban J connectivity index is 0.00000364. The van der Waals surface area contributed by atoms with Gasteiger partial charge in [0.15, 0.2) is 0 Å². The number of urea groups is 1. The number of benzene rings is 2. The second kappa shape index (κ2) is 10.5. The lowest BCUT2D eigenvalue weighted by atomic mass is 10.1. The molecule has 0 aliphatic carbocycles. The number of hydrogen-bond acceptors (Lipinski definition) is 3. The van der Waals surface area contributed by atoms with E-state index in [1.165, 1.54) is 0 Å². The minimum atomic E-state index is -0.319. The molecule has 2 N–H and O–H groups in total. The molecule has 2 aromatic rings. The molecule has 0 saturated carbocycles. The molecule has 0 spiro atoms. The van der Waals surface area contributed by atoms with Crippen LogP contribution in [0.2, 0.25) is 10.0 Å². The van der Waals surface area contributed by atoms with Crippen LogP contribution >= 0.6 is 35.6 Å². The van der Waals surface area contributed by atoms with E-state index in [0.717, 1.165) is 11.1 Å². The zero-order chi connectivity index (χ0) is 19.3. The number of halogens is 3. The van der Waals surface area contributed by atoms with E-state index >= 15 is 0 Å². The first-order valence-electron chi connectivity index (χ1n) is 8.09. The van der Waals surface area contributed by atoms with Gasteiger partial charge in [-0.05, 0) is 49.7 Å². The van der Waals surface area contributed by atoms with Crippen LogP contribution in [0, 0.1) is 0 Å². The lowest BCUT2D eigenvalue weighted by molar-refractivity contribution is 0.234. The molecule has 148 valence electrons. The van der Waals surface area contributed by atoms with E-state index in [2.05, 4.69) is 10.6 Å². The third-order valence-electron chi connectivity index (χ3n) is 4.03. The van der Waals surface area contributed by atoms with Gasteiger partial charge in [-0.25, -0.2) is 4.79 Å². The standard InChI is InChI=1S/C19H22Cl2N2O3.ClH/c1-11(15-7-5-13(20)9-17(15)21)22-19(24)23-12(2)16-10-14(25-3)6-8-18(16)26-4;/h5-12H,1-4H3,(H2,22,23,24);1H. The van der Waals surface area contributed by atoms with Gasteiger partial charge in [0.2, 0.25) is 0 Å². The molecule has 27 heavy (non-hydrogen) atoms. The number of amides is 2. The minimum absolute atomic E-state index is 0. The molecular weight excluding hydrogens is 411 g/mol. The van der Waals surface area contributed by atoms with E-state index < -0.39 is 0 Å². The molecule has 0 bridgehead atoms. The summed E-state index contributed by atoms with van der Waals surface area (Å²) in [6, 6.07) is 9.75. The SMILES string of the molecule is COc1ccc(OC)c(C(C)NC(=O)NC(C)c2ccc(Cl)cc2Cl)c1.Cl. The van der Waals surface area contributed by atoms with Crippen molar-refractivity contribution < 1.29 is 14.3 Å². The summed E-state index contributed by atoms with van der Waals surface area (Å²) in [7, 11) is 3.18. The Morgan fingerprint density at radius 2 is 1.56 bits per heavy atom. The number of rotatable bonds is 6. The maximum Gasteiger partial charge on any atom is 0.315 e. The van der Waals surface area contributed by atoms with Gasteiger partial charge in [-0.2, -0.15) is 0 Å². The highest BCUT2D eigenvalue weighted by molar-refractivity contribution is 6.35. The van der Waals surface area contributed by atoms with Crippen molar-refractivity contribution >= 4 is 41.6 Å². The summed E-state index contributed by atoms with van der Waals surface area (Å²) in [5.74, 6) is 1.36. The quantitative estimate of drug-likeness (QED) is 0.627. The van der Waals surface area contributed by atoms with Gasteiger partial charge in [0.25, 0.3) is 0 Å². The van der Waals surface area contributed by atoms with Crippen molar-refractivity contribution in [2.24, 2.45) is 0 Å². The number of nitrogens with one attached hydrogen (secondary N) is 2. The first-order chi connectivity index (χ1) is 12.3. The monoisotopic (exact) mass is 432 g/mol. The van der Waals surface area contributed by atoms with Crippen LogP contribution in [-0.2, 0) is 0 Å². The molecule has 0 aliphatic heterocycles. The van der Waals surface area contributed by atoms with Crippen molar-refractivity contribution in [3.63, 3.8) is 0 Å². The molecule has 0 saturated heterocycles. The van der Waals surface area contributed by atoms with E-state index in [1.807, 2.05) is 19.9 Å². The molecule has 0 heterocycles. The summed E-state index contributed by atoms with van der Waals surface area (Å²) >= 11 is 12.1. The average Bonchev–Trinajstić information content (AvgIpc) is 2.60. The number of ether oxygens (including phenoxy) is 2. The molecule has 2 aromatic carbocycles. The molecular formula is C19H23Cl3N2O3. The largest absolute Gasteiger partial charge is 0.497 e. The van der Waals surface area contributed by atoms with Gasteiger partial charge in [0.05, 0.1) is 26.3 Å². The first-order valence-corrected chi connectivity index (χ1v) is 8.85. The molecule has 2 amide bonds. The molecule has 8 heteroatoms. The van der Waals surface area contributed by atoms with Gasteiger partial charge in [0.1, 0.15) is 11.5 Å². The lowest BCUT2D eigenvalue weighted by Gasteiger charge is -2.21. The van der Waals surface area contributed by atoms with Gasteiger partial charge in [-0.3, -0.25) is 0 Å². The minimum Gasteiger partial charge on any atom is -0.497 e. The van der Waals surface area contributed by atoms with Crippen LogP contribution in [0.5, 0.6) is 11.5 Å². The molecule has 0 radical (unpaired) electrons. The van der Waals surface area contributed by atoms with Crippen LogP contribution in [0.4, 0.5) is 4.79 Å². The molecule has 0 fully saturated rings. The van der Waals surface area contributed by atoms with Crippen molar-refractivity contribution in [3.8, 4) is 11.5 Å². The Labute approximate surface area is 175 Å². The van der Waals surface area contributed by atoms with E-state index in [4.69, 9.17) is 32.7 Å². The van der Waals surface area contributed by atoms with Crippen molar-refractivity contribution in [3.05, 3.63) is 57.6 Å². The molecule has 5 nitrogen and oxygen atoms in total. The zero-order valence-electron chi connectivity index (χ0n) is 15.5. The van der Waals surface area contributed by atoms with Crippen molar-refractivity contribution in [2.75, 3.05) is 14.2 Å². The van der Waals surface area contributed by atoms with Gasteiger partial charge >= 0.3 is 6.03 Å². The van der Waals surface area contributed by atoms with Crippen molar-refractivity contribution in [1.82, 2.24) is 10.6 Å². The number of methoxy groups -OCH3 is 2. The maximum atomic E-state index is 12.4. The fourth-order valence-corrected chi connectivity index (χ4v) is 3.19. The predicted molar refractivity (Wildman–Crippen MR) is 112 cm³/mol. The van der Waals surface area contributed by atoms with E-state index in [0.29, 0.717) is 21.5 Å². The highest BCUT2D eigenvalue weighted by atomic mass is 35.5. The fourth-order valence-electron chi connectivity index (χ4n) is 2.62. The van der Waals surface area contributed by atoms with Crippen LogP contribution in [0.25, 0.3) is 0 Å². The summed E-state index contributed by atoms with van der Waals surface area (Å²) in [5, 5.41) is 6.83. The maximum absolute atomic E-state index is 12.4. The normalized spacial score (nSPS) is 12.4. The summed E-state index contributed by atoms with van der Waals surface area (Å²) < 4.78 is 10.6. The van der Waals surface area contributed by atoms with Crippen LogP contribution in [0.3, 0.4) is 0 Å². The Kier molecular flexibility index (Phi) is 9.03. The van der Waals surface area contributed by atoms with Crippen molar-refractivity contribution in [2.45, 2.75) is 25.9 Å². The second-order valence-corrected chi connectivity index (χ2v) is 6.68. The summed E-state index contributed by atoms with van der Waals surface area (Å²) in [6.07, 6.45) is 0. The topological polar surface area (TPSA) is 59.6 Å². The predicted octanol–water partition coefficient (Wildman–Crippen LogP) is 5.55. The molecule has 0 aliphatic rings. The number of hydrogen-bond donors (Lipinski definition) is 2. The van der Waals surface area contributed by atoms with Crippen LogP contribution in [0.1, 0.15) is 37.1 Å². The van der Waals surface area contributed by atoms with Gasteiger partial charge in [-0.1, -0.05) is 29.3 Å². The summed E-state index contributed by atoms with van der Waals surface area (Å²) in [4.78, 5) is 12.4. The lowest BCUT2D eigenvalue weighted by Crippen LogP contribution is -2.38. The Bertz CT molecular complexity index is 787. The first kappa shape index (κ1) is 23.2. The highest BCUT2D eigenvalue weighted by Gasteiger charge is 2.18. The number of carbonyl (C=O) groups is 1. The zero-order valence-corrected chi connectivity index (χ0v) is 17.8. The Hall–Kier alpha value is -1.82. The van der Waals surface area contributed by atoms with E-state index in [-0.39, 0.29) is 30.5 Å². The highest BCUT2D eigenvalue weighted by Crippen LogP contribution is 2.29. The molecule has 0 aromatic heterocycles. The molecule has 2 unspecified atom stereocenters. The summed E-state index contributed by atoms with van der Waals surface area (Å²) in [6.45, 7) is 3.72. The summed E-state index contributed by atoms with van der Waals surface area (Å²) in [5.41, 5.74) is 1.61. The number of carbonyl (C=O) groups excluding carboxylic acids is 1. The smallest absolute Gasteiger partial charge is 0.315 e. The van der Waals surface area contributed by atoms with Gasteiger partial charge < -0.3 is 20.1 Å². The third kappa shape index (κ3) is 6.09. The van der Waals surface area contributed by atoms with Crippen LogP contribution in [-0.4, -0.2) is 20.3 Å². The molecule has 2 rings (SSSR count). The average molecular weight is 434 g/mol. The Morgan fingerprint density at radius 1 is 0.926 bits per heavy atom. The van der Waals surface area contributed by atoms with Crippen LogP contribution < -0.4 is 20.1 Å². The fraction of sp³-hybridized carbons (Fsp3) is 0.316. The van der Waals surface area contributed by atoms with E-state index in [9.17, 15) is 4.79 Å². The van der Waals surface area contributed by atoms with E-state index in [1.54, 1.807) is 44.6 Å². The second-order valence-electron chi connectivity index (χ2n) is 5.83. The van der Waals surface area contributed by atoms with Crippen LogP contribution in [0.15, 0.2) is 36.4 Å².